The third-order valence-electron chi connectivity index (χ3n) is 4.57. The first kappa shape index (κ1) is 20.5. The van der Waals surface area contributed by atoms with Crippen LogP contribution in [-0.2, 0) is 16.4 Å². The summed E-state index contributed by atoms with van der Waals surface area (Å²) in [6.07, 6.45) is 0.411. The Morgan fingerprint density at radius 1 is 1.20 bits per heavy atom. The molecule has 2 aromatic heterocycles. The van der Waals surface area contributed by atoms with Crippen molar-refractivity contribution in [1.29, 1.82) is 0 Å². The van der Waals surface area contributed by atoms with E-state index in [-0.39, 0.29) is 17.2 Å². The number of aromatic nitrogens is 3. The SMILES string of the molecule is COc1ccc(S(=O)(=O)NCCc2csc3nc(-c4ccc(C)cc4)nn23)cc1F. The van der Waals surface area contributed by atoms with E-state index in [1.165, 1.54) is 30.6 Å². The van der Waals surface area contributed by atoms with Gasteiger partial charge in [0.15, 0.2) is 17.4 Å². The smallest absolute Gasteiger partial charge is 0.240 e. The molecule has 0 aliphatic carbocycles. The van der Waals surface area contributed by atoms with E-state index in [9.17, 15) is 12.8 Å². The Morgan fingerprint density at radius 2 is 1.97 bits per heavy atom. The standard InChI is InChI=1S/C20H19FN4O3S2/c1-13-3-5-14(6-4-13)19-23-20-25(24-19)15(12-29-20)9-10-22-30(26,27)16-7-8-18(28-2)17(21)11-16/h3-8,11-12,22H,9-10H2,1-2H3. The number of methoxy groups -OCH3 is 1. The molecule has 2 aromatic carbocycles. The fraction of sp³-hybridized carbons (Fsp3) is 0.200. The molecule has 4 rings (SSSR count). The van der Waals surface area contributed by atoms with Crippen LogP contribution in [-0.4, -0.2) is 36.7 Å². The van der Waals surface area contributed by atoms with Crippen LogP contribution >= 0.6 is 11.3 Å². The Hall–Kier alpha value is -2.82. The number of rotatable bonds is 7. The Kier molecular flexibility index (Phi) is 5.54. The van der Waals surface area contributed by atoms with Crippen molar-refractivity contribution in [3.8, 4) is 17.1 Å². The Morgan fingerprint density at radius 3 is 2.67 bits per heavy atom. The van der Waals surface area contributed by atoms with Crippen molar-refractivity contribution in [1.82, 2.24) is 19.3 Å². The number of fused-ring (bicyclic) bond motifs is 1. The second-order valence-electron chi connectivity index (χ2n) is 6.67. The molecular formula is C20H19FN4O3S2. The van der Waals surface area contributed by atoms with Crippen LogP contribution in [0.3, 0.4) is 0 Å². The van der Waals surface area contributed by atoms with Crippen LogP contribution in [0.15, 0.2) is 52.7 Å². The van der Waals surface area contributed by atoms with Gasteiger partial charge in [-0.05, 0) is 25.1 Å². The topological polar surface area (TPSA) is 85.6 Å². The molecule has 0 aliphatic heterocycles. The van der Waals surface area contributed by atoms with Gasteiger partial charge in [-0.15, -0.1) is 16.4 Å². The van der Waals surface area contributed by atoms with Gasteiger partial charge < -0.3 is 4.74 Å². The minimum Gasteiger partial charge on any atom is -0.494 e. The average molecular weight is 447 g/mol. The van der Waals surface area contributed by atoms with E-state index < -0.39 is 15.8 Å². The van der Waals surface area contributed by atoms with Gasteiger partial charge in [-0.25, -0.2) is 22.0 Å². The Balaban J connectivity index is 1.47. The molecule has 0 saturated heterocycles. The molecule has 0 unspecified atom stereocenters. The van der Waals surface area contributed by atoms with Crippen molar-refractivity contribution in [2.45, 2.75) is 18.2 Å². The van der Waals surface area contributed by atoms with Crippen molar-refractivity contribution in [2.75, 3.05) is 13.7 Å². The third kappa shape index (κ3) is 4.07. The number of benzene rings is 2. The van der Waals surface area contributed by atoms with Gasteiger partial charge in [-0.3, -0.25) is 0 Å². The van der Waals surface area contributed by atoms with E-state index >= 15 is 0 Å². The molecule has 0 aliphatic rings. The first-order chi connectivity index (χ1) is 14.4. The number of hydrogen-bond donors (Lipinski definition) is 1. The Bertz CT molecular complexity index is 1300. The van der Waals surface area contributed by atoms with Crippen LogP contribution in [0.5, 0.6) is 5.75 Å². The second-order valence-corrected chi connectivity index (χ2v) is 9.27. The molecule has 30 heavy (non-hydrogen) atoms. The average Bonchev–Trinajstić information content (AvgIpc) is 3.30. The van der Waals surface area contributed by atoms with Crippen LogP contribution < -0.4 is 9.46 Å². The fourth-order valence-electron chi connectivity index (χ4n) is 2.93. The van der Waals surface area contributed by atoms with Gasteiger partial charge in [0.05, 0.1) is 17.7 Å². The highest BCUT2D eigenvalue weighted by atomic mass is 32.2. The molecule has 156 valence electrons. The van der Waals surface area contributed by atoms with E-state index in [0.29, 0.717) is 12.2 Å². The molecule has 0 saturated carbocycles. The van der Waals surface area contributed by atoms with Crippen LogP contribution in [0.2, 0.25) is 0 Å². The summed E-state index contributed by atoms with van der Waals surface area (Å²) in [5.41, 5.74) is 2.92. The highest BCUT2D eigenvalue weighted by Gasteiger charge is 2.17. The fourth-order valence-corrected chi connectivity index (χ4v) is 4.83. The summed E-state index contributed by atoms with van der Waals surface area (Å²) in [5.74, 6) is -0.117. The van der Waals surface area contributed by atoms with Gasteiger partial charge in [0.2, 0.25) is 15.0 Å². The number of sulfonamides is 1. The molecule has 7 nitrogen and oxygen atoms in total. The summed E-state index contributed by atoms with van der Waals surface area (Å²) in [7, 11) is -2.52. The van der Waals surface area contributed by atoms with Crippen molar-refractivity contribution in [3.05, 3.63) is 64.9 Å². The lowest BCUT2D eigenvalue weighted by molar-refractivity contribution is 0.385. The Labute approximate surface area is 177 Å². The first-order valence-corrected chi connectivity index (χ1v) is 11.5. The zero-order valence-electron chi connectivity index (χ0n) is 16.3. The second kappa shape index (κ2) is 8.13. The number of aryl methyl sites for hydroxylation is 1. The van der Waals surface area contributed by atoms with Gasteiger partial charge in [0.25, 0.3) is 0 Å². The number of nitrogens with one attached hydrogen (secondary N) is 1. The largest absolute Gasteiger partial charge is 0.494 e. The van der Waals surface area contributed by atoms with Gasteiger partial charge in [0, 0.05) is 23.9 Å². The lowest BCUT2D eigenvalue weighted by atomic mass is 10.1. The minimum atomic E-state index is -3.84. The van der Waals surface area contributed by atoms with E-state index in [1.807, 2.05) is 36.6 Å². The maximum absolute atomic E-state index is 13.8. The zero-order valence-corrected chi connectivity index (χ0v) is 17.9. The highest BCUT2D eigenvalue weighted by molar-refractivity contribution is 7.89. The number of thiazole rings is 1. The third-order valence-corrected chi connectivity index (χ3v) is 6.89. The highest BCUT2D eigenvalue weighted by Crippen LogP contribution is 2.22. The molecule has 0 bridgehead atoms. The molecule has 0 fully saturated rings. The number of ether oxygens (including phenoxy) is 1. The van der Waals surface area contributed by atoms with Crippen LogP contribution in [0.1, 0.15) is 11.3 Å². The maximum atomic E-state index is 13.8. The predicted molar refractivity (Wildman–Crippen MR) is 113 cm³/mol. The summed E-state index contributed by atoms with van der Waals surface area (Å²) >= 11 is 1.44. The molecule has 0 radical (unpaired) electrons. The van der Waals surface area contributed by atoms with Crippen molar-refractivity contribution in [2.24, 2.45) is 0 Å². The quantitative estimate of drug-likeness (QED) is 0.470. The van der Waals surface area contributed by atoms with Gasteiger partial charge >= 0.3 is 0 Å². The maximum Gasteiger partial charge on any atom is 0.240 e. The predicted octanol–water partition coefficient (Wildman–Crippen LogP) is 3.43. The molecule has 0 spiro atoms. The van der Waals surface area contributed by atoms with E-state index in [2.05, 4.69) is 14.8 Å². The van der Waals surface area contributed by atoms with Crippen molar-refractivity contribution < 1.29 is 17.5 Å². The first-order valence-electron chi connectivity index (χ1n) is 9.11. The number of nitrogens with zero attached hydrogens (tertiary/aromatic N) is 3. The van der Waals surface area contributed by atoms with Gasteiger partial charge in [0.1, 0.15) is 0 Å². The van der Waals surface area contributed by atoms with E-state index in [0.717, 1.165) is 27.8 Å². The van der Waals surface area contributed by atoms with Crippen molar-refractivity contribution >= 4 is 26.3 Å². The molecule has 0 atom stereocenters. The molecule has 10 heteroatoms. The summed E-state index contributed by atoms with van der Waals surface area (Å²) in [4.78, 5) is 5.12. The summed E-state index contributed by atoms with van der Waals surface area (Å²) < 4.78 is 47.8. The summed E-state index contributed by atoms with van der Waals surface area (Å²) in [5, 5.41) is 6.45. The van der Waals surface area contributed by atoms with Crippen LogP contribution in [0, 0.1) is 12.7 Å². The van der Waals surface area contributed by atoms with Crippen LogP contribution in [0.25, 0.3) is 16.3 Å². The molecule has 0 amide bonds. The van der Waals surface area contributed by atoms with Gasteiger partial charge in [-0.1, -0.05) is 29.8 Å². The van der Waals surface area contributed by atoms with E-state index in [1.54, 1.807) is 4.52 Å². The number of halogens is 1. The normalized spacial score (nSPS) is 11.8. The van der Waals surface area contributed by atoms with E-state index in [4.69, 9.17) is 4.74 Å². The molecule has 4 aromatic rings. The number of hydrogen-bond acceptors (Lipinski definition) is 6. The summed E-state index contributed by atoms with van der Waals surface area (Å²) in [6, 6.07) is 11.5. The van der Waals surface area contributed by atoms with Crippen LogP contribution in [0.4, 0.5) is 4.39 Å². The van der Waals surface area contributed by atoms with Gasteiger partial charge in [-0.2, -0.15) is 4.98 Å². The minimum absolute atomic E-state index is 0.00909. The molecule has 2 heterocycles. The van der Waals surface area contributed by atoms with Crippen molar-refractivity contribution in [3.63, 3.8) is 0 Å². The lowest BCUT2D eigenvalue weighted by Crippen LogP contribution is -2.26. The molecule has 1 N–H and O–H groups in total. The molecular weight excluding hydrogens is 427 g/mol. The zero-order chi connectivity index (χ0) is 21.3. The monoisotopic (exact) mass is 446 g/mol. The lowest BCUT2D eigenvalue weighted by Gasteiger charge is -2.08. The summed E-state index contributed by atoms with van der Waals surface area (Å²) in [6.45, 7) is 2.16.